The van der Waals surface area contributed by atoms with Crippen LogP contribution in [-0.4, -0.2) is 51.1 Å². The number of fused-ring (bicyclic) bond motifs is 1. The number of para-hydroxylation sites is 2. The number of ether oxygens (including phenoxy) is 2. The van der Waals surface area contributed by atoms with E-state index in [1.807, 2.05) is 54.6 Å². The molecule has 0 unspecified atom stereocenters. The summed E-state index contributed by atoms with van der Waals surface area (Å²) in [4.78, 5) is 12.2. The van der Waals surface area contributed by atoms with E-state index in [1.165, 1.54) is 11.8 Å². The lowest BCUT2D eigenvalue weighted by Gasteiger charge is -2.26. The van der Waals surface area contributed by atoms with Crippen molar-refractivity contribution in [2.75, 3.05) is 18.9 Å². The maximum atomic E-state index is 12.2. The molecule has 8 nitrogen and oxygen atoms in total. The molecule has 0 fully saturated rings. The van der Waals surface area contributed by atoms with Gasteiger partial charge in [0.2, 0.25) is 11.1 Å². The van der Waals surface area contributed by atoms with Crippen molar-refractivity contribution in [2.45, 2.75) is 17.8 Å². The minimum Gasteiger partial charge on any atom is -0.486 e. The molecule has 0 aliphatic carbocycles. The smallest absolute Gasteiger partial charge is 0.230 e. The average Bonchev–Trinajstić information content (AvgIpc) is 3.18. The fourth-order valence-electron chi connectivity index (χ4n) is 2.73. The number of hydrogen-bond donors (Lipinski definition) is 1. The number of nitrogens with zero attached hydrogens (tertiary/aromatic N) is 4. The molecule has 3 aromatic rings. The number of rotatable bonds is 7. The number of aromatic nitrogens is 4. The highest BCUT2D eigenvalue weighted by molar-refractivity contribution is 7.99. The van der Waals surface area contributed by atoms with Gasteiger partial charge in [0.15, 0.2) is 11.5 Å². The molecule has 9 heteroatoms. The molecule has 1 N–H and O–H groups in total. The van der Waals surface area contributed by atoms with Gasteiger partial charge >= 0.3 is 0 Å². The summed E-state index contributed by atoms with van der Waals surface area (Å²) in [6.45, 7) is 1.34. The third-order valence-electron chi connectivity index (χ3n) is 4.10. The number of carbonyl (C=O) groups is 1. The van der Waals surface area contributed by atoms with Crippen LogP contribution in [0.15, 0.2) is 59.8 Å². The summed E-state index contributed by atoms with van der Waals surface area (Å²) >= 11 is 1.30. The van der Waals surface area contributed by atoms with Crippen molar-refractivity contribution in [3.63, 3.8) is 0 Å². The summed E-state index contributed by atoms with van der Waals surface area (Å²) in [6, 6.07) is 17.4. The zero-order valence-electron chi connectivity index (χ0n) is 15.0. The van der Waals surface area contributed by atoms with E-state index in [4.69, 9.17) is 9.47 Å². The lowest BCUT2D eigenvalue weighted by Crippen LogP contribution is -2.41. The van der Waals surface area contributed by atoms with Crippen LogP contribution in [0.5, 0.6) is 11.5 Å². The van der Waals surface area contributed by atoms with Gasteiger partial charge in [-0.05, 0) is 28.1 Å². The number of benzene rings is 2. The Labute approximate surface area is 166 Å². The van der Waals surface area contributed by atoms with Gasteiger partial charge in [0.25, 0.3) is 0 Å². The molecule has 2 aromatic carbocycles. The molecule has 1 aliphatic rings. The topological polar surface area (TPSA) is 91.2 Å². The summed E-state index contributed by atoms with van der Waals surface area (Å²) in [7, 11) is 0. The number of tetrazole rings is 1. The lowest BCUT2D eigenvalue weighted by atomic mass is 10.2. The molecule has 0 saturated heterocycles. The zero-order valence-corrected chi connectivity index (χ0v) is 15.8. The summed E-state index contributed by atoms with van der Waals surface area (Å²) in [5, 5.41) is 15.2. The minimum absolute atomic E-state index is 0.110. The molecule has 0 bridgehead atoms. The quantitative estimate of drug-likeness (QED) is 0.608. The van der Waals surface area contributed by atoms with Crippen molar-refractivity contribution < 1.29 is 14.3 Å². The van der Waals surface area contributed by atoms with Gasteiger partial charge in [0, 0.05) is 0 Å². The molecule has 1 amide bonds. The molecule has 0 radical (unpaired) electrons. The Bertz CT molecular complexity index is 934. The van der Waals surface area contributed by atoms with Crippen LogP contribution in [0.2, 0.25) is 0 Å². The van der Waals surface area contributed by atoms with Gasteiger partial charge in [-0.15, -0.1) is 5.10 Å². The summed E-state index contributed by atoms with van der Waals surface area (Å²) < 4.78 is 13.2. The first-order valence-electron chi connectivity index (χ1n) is 8.86. The number of carbonyl (C=O) groups excluding carboxylic acids is 1. The molecule has 1 aliphatic heterocycles. The van der Waals surface area contributed by atoms with Crippen LogP contribution >= 0.6 is 11.8 Å². The largest absolute Gasteiger partial charge is 0.486 e. The van der Waals surface area contributed by atoms with E-state index in [9.17, 15) is 4.79 Å². The van der Waals surface area contributed by atoms with Gasteiger partial charge in [0.1, 0.15) is 12.7 Å². The van der Waals surface area contributed by atoms with Crippen molar-refractivity contribution >= 4 is 17.7 Å². The van der Waals surface area contributed by atoms with Gasteiger partial charge in [-0.1, -0.05) is 54.2 Å². The molecule has 1 atom stereocenters. The average molecular weight is 397 g/mol. The molecule has 4 rings (SSSR count). The number of amides is 1. The van der Waals surface area contributed by atoms with E-state index in [0.717, 1.165) is 11.3 Å². The summed E-state index contributed by atoms with van der Waals surface area (Å²) in [5.74, 6) is 1.54. The van der Waals surface area contributed by atoms with E-state index in [1.54, 1.807) is 4.68 Å². The first-order chi connectivity index (χ1) is 13.8. The van der Waals surface area contributed by atoms with E-state index in [2.05, 4.69) is 20.8 Å². The molecule has 0 saturated carbocycles. The van der Waals surface area contributed by atoms with Crippen molar-refractivity contribution in [2.24, 2.45) is 0 Å². The normalized spacial score (nSPS) is 15.2. The van der Waals surface area contributed by atoms with Crippen LogP contribution in [0.1, 0.15) is 5.56 Å². The van der Waals surface area contributed by atoms with Crippen molar-refractivity contribution in [1.82, 2.24) is 25.5 Å². The van der Waals surface area contributed by atoms with Gasteiger partial charge in [-0.25, -0.2) is 4.68 Å². The van der Waals surface area contributed by atoms with Gasteiger partial charge in [0.05, 0.1) is 18.8 Å². The number of hydrogen-bond acceptors (Lipinski definition) is 7. The Morgan fingerprint density at radius 2 is 1.93 bits per heavy atom. The molecule has 2 heterocycles. The minimum atomic E-state index is -0.216. The maximum absolute atomic E-state index is 12.2. The summed E-state index contributed by atoms with van der Waals surface area (Å²) in [6.07, 6.45) is -0.216. The predicted octanol–water partition coefficient (Wildman–Crippen LogP) is 1.77. The molecule has 28 heavy (non-hydrogen) atoms. The SMILES string of the molecule is O=C(CSc1nnnn1Cc1ccccc1)NC[C@H]1COc2ccccc2O1. The standard InChI is InChI=1S/C19H19N5O3S/c25-18(20-10-15-12-26-16-8-4-5-9-17(16)27-15)13-28-19-21-22-23-24(19)11-14-6-2-1-3-7-14/h1-9,15H,10-13H2,(H,20,25)/t15-/m0/s1. The Kier molecular flexibility index (Phi) is 5.72. The van der Waals surface area contributed by atoms with Crippen LogP contribution in [0.4, 0.5) is 0 Å². The maximum Gasteiger partial charge on any atom is 0.230 e. The van der Waals surface area contributed by atoms with E-state index < -0.39 is 0 Å². The van der Waals surface area contributed by atoms with Crippen LogP contribution < -0.4 is 14.8 Å². The van der Waals surface area contributed by atoms with Crippen molar-refractivity contribution in [3.8, 4) is 11.5 Å². The molecule has 0 spiro atoms. The molecule has 144 valence electrons. The second-order valence-corrected chi connectivity index (χ2v) is 7.14. The highest BCUT2D eigenvalue weighted by Gasteiger charge is 2.21. The van der Waals surface area contributed by atoms with E-state index >= 15 is 0 Å². The molecular weight excluding hydrogens is 378 g/mol. The van der Waals surface area contributed by atoms with Crippen LogP contribution in [0, 0.1) is 0 Å². The second-order valence-electron chi connectivity index (χ2n) is 6.20. The molecule has 1 aromatic heterocycles. The third kappa shape index (κ3) is 4.61. The number of thioether (sulfide) groups is 1. The monoisotopic (exact) mass is 397 g/mol. The van der Waals surface area contributed by atoms with Crippen molar-refractivity contribution in [3.05, 3.63) is 60.2 Å². The first-order valence-corrected chi connectivity index (χ1v) is 9.84. The molecular formula is C19H19N5O3S. The zero-order chi connectivity index (χ0) is 19.2. The van der Waals surface area contributed by atoms with E-state index in [-0.39, 0.29) is 17.8 Å². The summed E-state index contributed by atoms with van der Waals surface area (Å²) in [5.41, 5.74) is 1.09. The lowest BCUT2D eigenvalue weighted by molar-refractivity contribution is -0.119. The fourth-order valence-corrected chi connectivity index (χ4v) is 3.43. The van der Waals surface area contributed by atoms with Crippen molar-refractivity contribution in [1.29, 1.82) is 0 Å². The van der Waals surface area contributed by atoms with Gasteiger partial charge in [-0.2, -0.15) is 0 Å². The van der Waals surface area contributed by atoms with Gasteiger partial charge < -0.3 is 14.8 Å². The first kappa shape index (κ1) is 18.3. The predicted molar refractivity (Wildman–Crippen MR) is 103 cm³/mol. The Morgan fingerprint density at radius 3 is 2.79 bits per heavy atom. The second kappa shape index (κ2) is 8.75. The fraction of sp³-hybridized carbons (Fsp3) is 0.263. The van der Waals surface area contributed by atoms with E-state index in [0.29, 0.717) is 30.6 Å². The highest BCUT2D eigenvalue weighted by Crippen LogP contribution is 2.30. The Hall–Kier alpha value is -3.07. The van der Waals surface area contributed by atoms with Crippen LogP contribution in [0.3, 0.4) is 0 Å². The van der Waals surface area contributed by atoms with Crippen LogP contribution in [-0.2, 0) is 11.3 Å². The van der Waals surface area contributed by atoms with Crippen LogP contribution in [0.25, 0.3) is 0 Å². The number of nitrogens with one attached hydrogen (secondary N) is 1. The third-order valence-corrected chi connectivity index (χ3v) is 5.06. The van der Waals surface area contributed by atoms with Gasteiger partial charge in [-0.3, -0.25) is 4.79 Å². The highest BCUT2D eigenvalue weighted by atomic mass is 32.2. The Balaban J connectivity index is 1.24. The Morgan fingerprint density at radius 1 is 1.14 bits per heavy atom.